The fourth-order valence-electron chi connectivity index (χ4n) is 2.29. The molecule has 0 saturated heterocycles. The van der Waals surface area contributed by atoms with Gasteiger partial charge in [-0.2, -0.15) is 0 Å². The minimum absolute atomic E-state index is 0.720. The second kappa shape index (κ2) is 7.20. The Hall–Kier alpha value is -2.11. The Labute approximate surface area is 150 Å². The monoisotopic (exact) mass is 356 g/mol. The van der Waals surface area contributed by atoms with Crippen LogP contribution < -0.4 is 0 Å². The van der Waals surface area contributed by atoms with Gasteiger partial charge < -0.3 is 0 Å². The Morgan fingerprint density at radius 3 is 2.67 bits per heavy atom. The fourth-order valence-corrected chi connectivity index (χ4v) is 3.25. The predicted molar refractivity (Wildman–Crippen MR) is 99.9 cm³/mol. The number of benzene rings is 1. The predicted octanol–water partition coefficient (Wildman–Crippen LogP) is 4.96. The highest BCUT2D eigenvalue weighted by Crippen LogP contribution is 2.31. The largest absolute Gasteiger partial charge is 0.270 e. The average molecular weight is 357 g/mol. The quantitative estimate of drug-likeness (QED) is 0.478. The lowest BCUT2D eigenvalue weighted by Gasteiger charge is -2.13. The smallest absolute Gasteiger partial charge is 0.196 e. The van der Waals surface area contributed by atoms with Crippen molar-refractivity contribution < 1.29 is 0 Å². The molecule has 0 amide bonds. The van der Waals surface area contributed by atoms with Gasteiger partial charge in [-0.05, 0) is 43.7 Å². The van der Waals surface area contributed by atoms with Gasteiger partial charge >= 0.3 is 0 Å². The van der Waals surface area contributed by atoms with Crippen molar-refractivity contribution in [3.8, 4) is 17.1 Å². The minimum Gasteiger partial charge on any atom is -0.270 e. The maximum atomic E-state index is 6.32. The number of aromatic nitrogens is 4. The minimum atomic E-state index is 0.720. The van der Waals surface area contributed by atoms with E-state index in [1.54, 1.807) is 24.2 Å². The van der Waals surface area contributed by atoms with Crippen molar-refractivity contribution in [2.45, 2.75) is 19.0 Å². The Morgan fingerprint density at radius 1 is 1.21 bits per heavy atom. The normalized spacial score (nSPS) is 10.8. The van der Waals surface area contributed by atoms with Crippen LogP contribution in [0.5, 0.6) is 0 Å². The van der Waals surface area contributed by atoms with Gasteiger partial charge in [0.2, 0.25) is 0 Å². The summed E-state index contributed by atoms with van der Waals surface area (Å²) in [5, 5.41) is 10.3. The van der Waals surface area contributed by atoms with Crippen molar-refractivity contribution in [1.29, 1.82) is 0 Å². The lowest BCUT2D eigenvalue weighted by Crippen LogP contribution is -2.02. The fraction of sp³-hybridized carbons (Fsp3) is 0.167. The molecule has 6 heteroatoms. The summed E-state index contributed by atoms with van der Waals surface area (Å²) in [7, 11) is 0. The van der Waals surface area contributed by atoms with Gasteiger partial charge in [-0.25, -0.2) is 0 Å². The Kier molecular flexibility index (Phi) is 5.02. The number of pyridine rings is 1. The third kappa shape index (κ3) is 3.37. The van der Waals surface area contributed by atoms with Gasteiger partial charge in [-0.3, -0.25) is 9.55 Å². The van der Waals surface area contributed by atoms with Gasteiger partial charge in [0.25, 0.3) is 0 Å². The van der Waals surface area contributed by atoms with Crippen LogP contribution in [-0.2, 0) is 0 Å². The van der Waals surface area contributed by atoms with Gasteiger partial charge in [0.05, 0.1) is 5.69 Å². The summed E-state index contributed by atoms with van der Waals surface area (Å²) < 4.78 is 2.05. The number of rotatable bonds is 5. The molecule has 0 aliphatic carbocycles. The lowest BCUT2D eigenvalue weighted by molar-refractivity contribution is 0.881. The molecule has 0 fully saturated rings. The summed E-state index contributed by atoms with van der Waals surface area (Å²) in [5.41, 5.74) is 4.01. The molecule has 0 aliphatic heterocycles. The zero-order chi connectivity index (χ0) is 17.1. The molecule has 1 aromatic carbocycles. The summed E-state index contributed by atoms with van der Waals surface area (Å²) in [6.07, 6.45) is 3.50. The standard InChI is InChI=1S/C18H17ClN4S/c1-12(2)11-24-18-22-21-17(14-7-9-20-10-8-14)23(18)16-6-4-5-15(19)13(16)3/h4-10H,1,11H2,2-3H3. The first kappa shape index (κ1) is 16.7. The zero-order valence-corrected chi connectivity index (χ0v) is 15.1. The zero-order valence-electron chi connectivity index (χ0n) is 13.5. The Bertz CT molecular complexity index is 874. The summed E-state index contributed by atoms with van der Waals surface area (Å²) >= 11 is 7.94. The van der Waals surface area contributed by atoms with Gasteiger partial charge in [0.15, 0.2) is 11.0 Å². The second-order valence-electron chi connectivity index (χ2n) is 5.51. The number of thioether (sulfide) groups is 1. The molecule has 3 rings (SSSR count). The number of halogens is 1. The van der Waals surface area contributed by atoms with Crippen molar-refractivity contribution >= 4 is 23.4 Å². The molecule has 0 radical (unpaired) electrons. The van der Waals surface area contributed by atoms with E-state index in [0.29, 0.717) is 0 Å². The van der Waals surface area contributed by atoms with Crippen LogP contribution >= 0.6 is 23.4 Å². The topological polar surface area (TPSA) is 43.6 Å². The molecule has 2 heterocycles. The third-order valence-corrected chi connectivity index (χ3v) is 5.07. The number of hydrogen-bond acceptors (Lipinski definition) is 4. The molecule has 24 heavy (non-hydrogen) atoms. The van der Waals surface area contributed by atoms with E-state index in [0.717, 1.165) is 44.1 Å². The second-order valence-corrected chi connectivity index (χ2v) is 6.86. The van der Waals surface area contributed by atoms with Crippen LogP contribution in [-0.4, -0.2) is 25.5 Å². The molecule has 0 atom stereocenters. The van der Waals surface area contributed by atoms with E-state index in [-0.39, 0.29) is 0 Å². The SMILES string of the molecule is C=C(C)CSc1nnc(-c2ccncc2)n1-c1cccc(Cl)c1C. The molecule has 0 bridgehead atoms. The van der Waals surface area contributed by atoms with Crippen molar-refractivity contribution in [3.05, 3.63) is 65.5 Å². The molecule has 0 saturated carbocycles. The molecular weight excluding hydrogens is 340 g/mol. The molecule has 122 valence electrons. The summed E-state index contributed by atoms with van der Waals surface area (Å²) in [6, 6.07) is 9.70. The van der Waals surface area contributed by atoms with E-state index in [1.165, 1.54) is 0 Å². The highest BCUT2D eigenvalue weighted by molar-refractivity contribution is 7.99. The van der Waals surface area contributed by atoms with Gasteiger partial charge in [0, 0.05) is 28.7 Å². The maximum Gasteiger partial charge on any atom is 0.196 e. The number of nitrogens with zero attached hydrogens (tertiary/aromatic N) is 4. The van der Waals surface area contributed by atoms with E-state index < -0.39 is 0 Å². The van der Waals surface area contributed by atoms with Crippen LogP contribution in [0, 0.1) is 6.92 Å². The maximum absolute atomic E-state index is 6.32. The Morgan fingerprint density at radius 2 is 1.96 bits per heavy atom. The summed E-state index contributed by atoms with van der Waals surface area (Å²) in [5.74, 6) is 1.56. The van der Waals surface area contributed by atoms with Crippen LogP contribution in [0.15, 0.2) is 60.0 Å². The molecule has 0 spiro atoms. The Balaban J connectivity index is 2.18. The average Bonchev–Trinajstić information content (AvgIpc) is 3.00. The molecular formula is C18H17ClN4S. The first-order valence-corrected chi connectivity index (χ1v) is 8.82. The first-order valence-electron chi connectivity index (χ1n) is 7.46. The van der Waals surface area contributed by atoms with E-state index in [2.05, 4.69) is 21.8 Å². The highest BCUT2D eigenvalue weighted by Gasteiger charge is 2.18. The van der Waals surface area contributed by atoms with E-state index >= 15 is 0 Å². The van der Waals surface area contributed by atoms with Crippen LogP contribution in [0.1, 0.15) is 12.5 Å². The van der Waals surface area contributed by atoms with Gasteiger partial charge in [-0.15, -0.1) is 10.2 Å². The molecule has 0 unspecified atom stereocenters. The summed E-state index contributed by atoms with van der Waals surface area (Å²) in [6.45, 7) is 7.96. The van der Waals surface area contributed by atoms with Crippen molar-refractivity contribution in [2.24, 2.45) is 0 Å². The van der Waals surface area contributed by atoms with Crippen LogP contribution in [0.4, 0.5) is 0 Å². The first-order chi connectivity index (χ1) is 11.6. The van der Waals surface area contributed by atoms with Crippen molar-refractivity contribution in [2.75, 3.05) is 5.75 Å². The molecule has 2 aromatic heterocycles. The van der Waals surface area contributed by atoms with Gasteiger partial charge in [-0.1, -0.05) is 41.6 Å². The van der Waals surface area contributed by atoms with Crippen molar-refractivity contribution in [3.63, 3.8) is 0 Å². The van der Waals surface area contributed by atoms with E-state index in [4.69, 9.17) is 11.6 Å². The van der Waals surface area contributed by atoms with Crippen molar-refractivity contribution in [1.82, 2.24) is 19.7 Å². The van der Waals surface area contributed by atoms with E-state index in [1.807, 2.05) is 48.7 Å². The van der Waals surface area contributed by atoms with Crippen LogP contribution in [0.25, 0.3) is 17.1 Å². The molecule has 4 nitrogen and oxygen atoms in total. The highest BCUT2D eigenvalue weighted by atomic mass is 35.5. The molecule has 0 aliphatic rings. The molecule has 3 aromatic rings. The number of hydrogen-bond donors (Lipinski definition) is 0. The van der Waals surface area contributed by atoms with Crippen LogP contribution in [0.3, 0.4) is 0 Å². The third-order valence-electron chi connectivity index (χ3n) is 3.50. The van der Waals surface area contributed by atoms with Gasteiger partial charge in [0.1, 0.15) is 0 Å². The lowest BCUT2D eigenvalue weighted by atomic mass is 10.2. The van der Waals surface area contributed by atoms with Crippen LogP contribution in [0.2, 0.25) is 5.02 Å². The summed E-state index contributed by atoms with van der Waals surface area (Å²) in [4.78, 5) is 4.08. The molecule has 0 N–H and O–H groups in total. The van der Waals surface area contributed by atoms with E-state index in [9.17, 15) is 0 Å².